The number of esters is 1. The fraction of sp³-hybridized carbons (Fsp3) is 0.250. The topological polar surface area (TPSA) is 111 Å². The first-order valence-electron chi connectivity index (χ1n) is 9.12. The van der Waals surface area contributed by atoms with E-state index in [1.807, 2.05) is 6.07 Å². The molecule has 0 aromatic heterocycles. The van der Waals surface area contributed by atoms with Crippen LogP contribution >= 0.6 is 75.0 Å². The highest BCUT2D eigenvalue weighted by molar-refractivity contribution is 8.93. The van der Waals surface area contributed by atoms with E-state index >= 15 is 0 Å². The molecule has 13 heteroatoms. The quantitative estimate of drug-likeness (QED) is 0.172. The zero-order chi connectivity index (χ0) is 24.0. The van der Waals surface area contributed by atoms with E-state index in [2.05, 4.69) is 10.6 Å². The lowest BCUT2D eigenvalue weighted by Crippen LogP contribution is -2.52. The molecule has 0 bridgehead atoms. The van der Waals surface area contributed by atoms with E-state index in [1.165, 1.54) is 6.92 Å². The maximum Gasteiger partial charge on any atom is 0.330 e. The van der Waals surface area contributed by atoms with Crippen molar-refractivity contribution < 1.29 is 19.1 Å². The number of amides is 2. The number of hydrogen-bond acceptors (Lipinski definition) is 5. The molecule has 0 saturated heterocycles. The molecule has 0 aliphatic rings. The lowest BCUT2D eigenvalue weighted by Gasteiger charge is -2.20. The molecule has 0 heterocycles. The second-order valence-electron chi connectivity index (χ2n) is 6.63. The van der Waals surface area contributed by atoms with Gasteiger partial charge in [-0.1, -0.05) is 88.3 Å². The number of carbonyl (C=O) groups excluding carboxylic acids is 3. The van der Waals surface area contributed by atoms with Crippen LogP contribution in [0, 0.1) is 0 Å². The van der Waals surface area contributed by atoms with E-state index in [1.54, 1.807) is 24.3 Å². The molecule has 2 aromatic carbocycles. The van der Waals surface area contributed by atoms with Crippen LogP contribution in [-0.2, 0) is 20.8 Å². The third-order valence-electron chi connectivity index (χ3n) is 4.12. The van der Waals surface area contributed by atoms with E-state index < -0.39 is 36.4 Å². The fourth-order valence-electron chi connectivity index (χ4n) is 2.47. The SMILES string of the molecule is Br.C[C@H](N)C(=O)N[C@@H](Cc1ccccc1)C(=O)NCC(=O)Oc1c(Cl)c(Cl)c(Cl)c(Cl)c1Cl. The molecule has 2 rings (SSSR count). The molecule has 2 aromatic rings. The summed E-state index contributed by atoms with van der Waals surface area (Å²) in [6.07, 6.45) is 0.181. The summed E-state index contributed by atoms with van der Waals surface area (Å²) in [4.78, 5) is 36.9. The maximum atomic E-state index is 12.7. The van der Waals surface area contributed by atoms with Crippen molar-refractivity contribution in [1.29, 1.82) is 0 Å². The van der Waals surface area contributed by atoms with Crippen molar-refractivity contribution in [3.05, 3.63) is 61.0 Å². The molecule has 2 atom stereocenters. The van der Waals surface area contributed by atoms with Crippen LogP contribution in [0.5, 0.6) is 5.75 Å². The Morgan fingerprint density at radius 3 is 1.94 bits per heavy atom. The number of rotatable bonds is 8. The lowest BCUT2D eigenvalue weighted by molar-refractivity contribution is -0.136. The number of nitrogens with two attached hydrogens (primary N) is 1. The van der Waals surface area contributed by atoms with Gasteiger partial charge in [-0.25, -0.2) is 4.79 Å². The van der Waals surface area contributed by atoms with Gasteiger partial charge in [-0.2, -0.15) is 0 Å². The zero-order valence-electron chi connectivity index (χ0n) is 17.0. The van der Waals surface area contributed by atoms with Gasteiger partial charge in [0.15, 0.2) is 5.75 Å². The van der Waals surface area contributed by atoms with Gasteiger partial charge in [-0.15, -0.1) is 17.0 Å². The van der Waals surface area contributed by atoms with Crippen LogP contribution in [0.2, 0.25) is 25.1 Å². The first kappa shape index (κ1) is 29.8. The van der Waals surface area contributed by atoms with Gasteiger partial charge in [0.05, 0.1) is 21.1 Å². The summed E-state index contributed by atoms with van der Waals surface area (Å²) in [5.41, 5.74) is 6.37. The Morgan fingerprint density at radius 1 is 0.909 bits per heavy atom. The average Bonchev–Trinajstić information content (AvgIpc) is 2.77. The Hall–Kier alpha value is -1.26. The van der Waals surface area contributed by atoms with Gasteiger partial charge in [-0.05, 0) is 12.5 Å². The van der Waals surface area contributed by atoms with E-state index in [9.17, 15) is 14.4 Å². The molecular weight excluding hydrogens is 603 g/mol. The number of halogens is 6. The molecule has 2 amide bonds. The Balaban J connectivity index is 0.00000544. The highest BCUT2D eigenvalue weighted by Crippen LogP contribution is 2.48. The molecular formula is C20H19BrCl5N3O4. The second-order valence-corrected chi connectivity index (χ2v) is 8.52. The minimum Gasteiger partial charge on any atom is -0.422 e. The summed E-state index contributed by atoms with van der Waals surface area (Å²) in [6, 6.07) is 7.20. The summed E-state index contributed by atoms with van der Waals surface area (Å²) in [5.74, 6) is -2.34. The van der Waals surface area contributed by atoms with Gasteiger partial charge in [-0.3, -0.25) is 9.59 Å². The molecule has 4 N–H and O–H groups in total. The molecule has 180 valence electrons. The minimum atomic E-state index is -0.977. The normalized spacial score (nSPS) is 12.2. The zero-order valence-corrected chi connectivity index (χ0v) is 22.5. The van der Waals surface area contributed by atoms with Crippen LogP contribution in [0.1, 0.15) is 12.5 Å². The predicted octanol–water partition coefficient (Wildman–Crippen LogP) is 4.63. The van der Waals surface area contributed by atoms with Gasteiger partial charge < -0.3 is 21.1 Å². The highest BCUT2D eigenvalue weighted by Gasteiger charge is 2.25. The van der Waals surface area contributed by atoms with Crippen molar-refractivity contribution in [2.24, 2.45) is 5.73 Å². The molecule has 0 radical (unpaired) electrons. The molecule has 0 spiro atoms. The van der Waals surface area contributed by atoms with Crippen LogP contribution < -0.4 is 21.1 Å². The largest absolute Gasteiger partial charge is 0.422 e. The minimum absolute atomic E-state index is 0. The van der Waals surface area contributed by atoms with Crippen LogP contribution in [0.4, 0.5) is 0 Å². The first-order chi connectivity index (χ1) is 15.0. The average molecular weight is 623 g/mol. The maximum absolute atomic E-state index is 12.7. The first-order valence-corrected chi connectivity index (χ1v) is 11.0. The Morgan fingerprint density at radius 2 is 1.42 bits per heavy atom. The Bertz CT molecular complexity index is 996. The van der Waals surface area contributed by atoms with Crippen LogP contribution in [-0.4, -0.2) is 36.4 Å². The smallest absolute Gasteiger partial charge is 0.330 e. The number of nitrogens with one attached hydrogen (secondary N) is 2. The van der Waals surface area contributed by atoms with E-state index in [4.69, 9.17) is 68.5 Å². The van der Waals surface area contributed by atoms with Crippen molar-refractivity contribution in [3.8, 4) is 5.75 Å². The summed E-state index contributed by atoms with van der Waals surface area (Å²) in [7, 11) is 0. The molecule has 0 unspecified atom stereocenters. The number of ether oxygens (including phenoxy) is 1. The molecule has 0 aliphatic carbocycles. The van der Waals surface area contributed by atoms with Crippen LogP contribution in [0.15, 0.2) is 30.3 Å². The van der Waals surface area contributed by atoms with E-state index in [0.29, 0.717) is 0 Å². The molecule has 0 fully saturated rings. The monoisotopic (exact) mass is 619 g/mol. The Kier molecular flexibility index (Phi) is 12.3. The standard InChI is InChI=1S/C20H18Cl5N3O4.BrH/c1-9(26)19(30)28-11(7-10-5-3-2-4-6-10)20(31)27-8-12(29)32-18-16(24)14(22)13(21)15(23)17(18)25;/h2-6,9,11H,7-8,26H2,1H3,(H,27,31)(H,28,30);1H/t9-,11-;/m0./s1. The van der Waals surface area contributed by atoms with Crippen molar-refractivity contribution >= 4 is 92.8 Å². The van der Waals surface area contributed by atoms with Crippen LogP contribution in [0.3, 0.4) is 0 Å². The van der Waals surface area contributed by atoms with Gasteiger partial charge in [0.1, 0.15) is 22.6 Å². The van der Waals surface area contributed by atoms with Crippen molar-refractivity contribution in [3.63, 3.8) is 0 Å². The summed E-state index contributed by atoms with van der Waals surface area (Å²) in [5, 5.41) is 4.16. The van der Waals surface area contributed by atoms with Gasteiger partial charge in [0.2, 0.25) is 11.8 Å². The number of hydrogen-bond donors (Lipinski definition) is 3. The predicted molar refractivity (Wildman–Crippen MR) is 136 cm³/mol. The molecule has 0 aliphatic heterocycles. The van der Waals surface area contributed by atoms with Gasteiger partial charge in [0.25, 0.3) is 0 Å². The Labute approximate surface area is 225 Å². The van der Waals surface area contributed by atoms with Crippen LogP contribution in [0.25, 0.3) is 0 Å². The van der Waals surface area contributed by atoms with E-state index in [0.717, 1.165) is 5.56 Å². The third kappa shape index (κ3) is 8.17. The van der Waals surface area contributed by atoms with Gasteiger partial charge >= 0.3 is 5.97 Å². The van der Waals surface area contributed by atoms with Crippen molar-refractivity contribution in [1.82, 2.24) is 10.6 Å². The summed E-state index contributed by atoms with van der Waals surface area (Å²) < 4.78 is 5.11. The fourth-order valence-corrected chi connectivity index (χ4v) is 3.67. The van der Waals surface area contributed by atoms with Gasteiger partial charge in [0, 0.05) is 6.42 Å². The lowest BCUT2D eigenvalue weighted by atomic mass is 10.0. The number of benzene rings is 2. The number of carbonyl (C=O) groups is 3. The molecule has 0 saturated carbocycles. The molecule has 33 heavy (non-hydrogen) atoms. The summed E-state index contributed by atoms with van der Waals surface area (Å²) in [6.45, 7) is 0.933. The van der Waals surface area contributed by atoms with E-state index in [-0.39, 0.29) is 54.3 Å². The van der Waals surface area contributed by atoms with Crippen molar-refractivity contribution in [2.75, 3.05) is 6.54 Å². The third-order valence-corrected chi connectivity index (χ3v) is 6.36. The molecule has 7 nitrogen and oxygen atoms in total. The summed E-state index contributed by atoms with van der Waals surface area (Å²) >= 11 is 29.8. The second kappa shape index (κ2) is 13.6. The van der Waals surface area contributed by atoms with Crippen molar-refractivity contribution in [2.45, 2.75) is 25.4 Å². The highest BCUT2D eigenvalue weighted by atomic mass is 79.9.